The molecular formula is C20H21N3O8. The number of nitro benzene ring substituents is 1. The third kappa shape index (κ3) is 4.94. The number of rotatable bonds is 6. The lowest BCUT2D eigenvalue weighted by atomic mass is 10.1. The van der Waals surface area contributed by atoms with Crippen molar-refractivity contribution >= 4 is 17.5 Å². The van der Waals surface area contributed by atoms with Crippen molar-refractivity contribution in [3.8, 4) is 23.0 Å². The van der Waals surface area contributed by atoms with Crippen molar-refractivity contribution in [1.29, 1.82) is 0 Å². The van der Waals surface area contributed by atoms with Gasteiger partial charge in [-0.3, -0.25) is 30.6 Å². The van der Waals surface area contributed by atoms with Crippen LogP contribution in [0, 0.1) is 10.1 Å². The van der Waals surface area contributed by atoms with Gasteiger partial charge < -0.3 is 18.9 Å². The topological polar surface area (TPSA) is 138 Å². The number of carbonyl (C=O) groups is 2. The highest BCUT2D eigenvalue weighted by atomic mass is 16.6. The van der Waals surface area contributed by atoms with E-state index in [4.69, 9.17) is 18.9 Å². The third-order valence-electron chi connectivity index (χ3n) is 4.18. The van der Waals surface area contributed by atoms with E-state index in [2.05, 4.69) is 10.9 Å². The van der Waals surface area contributed by atoms with Gasteiger partial charge in [0.25, 0.3) is 17.5 Å². The highest BCUT2D eigenvalue weighted by Crippen LogP contribution is 2.36. The molecule has 0 aromatic heterocycles. The smallest absolute Gasteiger partial charge is 0.286 e. The van der Waals surface area contributed by atoms with Crippen LogP contribution >= 0.6 is 0 Å². The van der Waals surface area contributed by atoms with Gasteiger partial charge in [-0.2, -0.15) is 0 Å². The summed E-state index contributed by atoms with van der Waals surface area (Å²) in [6, 6.07) is 6.83. The van der Waals surface area contributed by atoms with Crippen LogP contribution in [0.4, 0.5) is 5.69 Å². The van der Waals surface area contributed by atoms with E-state index in [9.17, 15) is 19.7 Å². The van der Waals surface area contributed by atoms with Crippen LogP contribution in [-0.4, -0.2) is 43.2 Å². The van der Waals surface area contributed by atoms with Gasteiger partial charge in [0, 0.05) is 11.6 Å². The Kier molecular flexibility index (Phi) is 6.43. The van der Waals surface area contributed by atoms with E-state index in [1.807, 2.05) is 13.8 Å². The van der Waals surface area contributed by atoms with Gasteiger partial charge in [0.15, 0.2) is 23.0 Å². The van der Waals surface area contributed by atoms with Crippen molar-refractivity contribution in [2.75, 3.05) is 20.3 Å². The zero-order chi connectivity index (χ0) is 22.5. The monoisotopic (exact) mass is 431 g/mol. The minimum atomic E-state index is -0.885. The molecule has 2 aromatic carbocycles. The number of benzene rings is 2. The van der Waals surface area contributed by atoms with Crippen molar-refractivity contribution in [2.45, 2.75) is 20.0 Å². The van der Waals surface area contributed by atoms with E-state index >= 15 is 0 Å². The zero-order valence-corrected chi connectivity index (χ0v) is 17.1. The summed E-state index contributed by atoms with van der Waals surface area (Å²) in [6.45, 7) is 4.20. The Labute approximate surface area is 177 Å². The third-order valence-corrected chi connectivity index (χ3v) is 4.18. The Morgan fingerprint density at radius 1 is 1.03 bits per heavy atom. The van der Waals surface area contributed by atoms with Crippen LogP contribution in [0.3, 0.4) is 0 Å². The van der Waals surface area contributed by atoms with Crippen LogP contribution in [0.25, 0.3) is 0 Å². The van der Waals surface area contributed by atoms with E-state index in [1.54, 1.807) is 6.07 Å². The predicted octanol–water partition coefficient (Wildman–Crippen LogP) is 2.24. The second kappa shape index (κ2) is 9.20. The SMILES string of the molecule is COc1cc(C(=O)NNC(=O)c2cc3c(cc2[N+](=O)[O-])OCCO3)ccc1OC(C)C. The Morgan fingerprint density at radius 3 is 2.29 bits per heavy atom. The van der Waals surface area contributed by atoms with Crippen LogP contribution in [0.2, 0.25) is 0 Å². The molecule has 164 valence electrons. The molecule has 1 aliphatic heterocycles. The second-order valence-electron chi connectivity index (χ2n) is 6.71. The van der Waals surface area contributed by atoms with Crippen molar-refractivity contribution in [3.05, 3.63) is 51.6 Å². The lowest BCUT2D eigenvalue weighted by molar-refractivity contribution is -0.385. The Hall–Kier alpha value is -4.02. The van der Waals surface area contributed by atoms with Gasteiger partial charge in [-0.25, -0.2) is 0 Å². The summed E-state index contributed by atoms with van der Waals surface area (Å²) in [5.74, 6) is -0.347. The van der Waals surface area contributed by atoms with E-state index < -0.39 is 22.4 Å². The van der Waals surface area contributed by atoms with Crippen LogP contribution in [0.5, 0.6) is 23.0 Å². The number of hydrazine groups is 1. The Balaban J connectivity index is 1.75. The number of hydrogen-bond acceptors (Lipinski definition) is 8. The number of carbonyl (C=O) groups excluding carboxylic acids is 2. The average molecular weight is 431 g/mol. The minimum Gasteiger partial charge on any atom is -0.493 e. The molecule has 3 rings (SSSR count). The summed E-state index contributed by atoms with van der Waals surface area (Å²) in [4.78, 5) is 35.6. The summed E-state index contributed by atoms with van der Waals surface area (Å²) in [7, 11) is 1.44. The summed E-state index contributed by atoms with van der Waals surface area (Å²) in [5.41, 5.74) is 3.82. The average Bonchev–Trinajstić information content (AvgIpc) is 2.76. The molecule has 11 nitrogen and oxygen atoms in total. The molecule has 0 radical (unpaired) electrons. The van der Waals surface area contributed by atoms with E-state index in [1.165, 1.54) is 25.3 Å². The van der Waals surface area contributed by atoms with Gasteiger partial charge in [-0.05, 0) is 32.0 Å². The number of hydrogen-bond donors (Lipinski definition) is 2. The first kappa shape index (κ1) is 21.7. The molecule has 0 bridgehead atoms. The molecule has 0 saturated heterocycles. The molecule has 1 aliphatic rings. The van der Waals surface area contributed by atoms with Gasteiger partial charge in [0.1, 0.15) is 18.8 Å². The minimum absolute atomic E-state index is 0.0883. The maximum atomic E-state index is 12.5. The van der Waals surface area contributed by atoms with Crippen molar-refractivity contribution in [3.63, 3.8) is 0 Å². The first-order chi connectivity index (χ1) is 14.8. The molecule has 2 N–H and O–H groups in total. The number of methoxy groups -OCH3 is 1. The number of fused-ring (bicyclic) bond motifs is 1. The lowest BCUT2D eigenvalue weighted by Crippen LogP contribution is -2.41. The normalized spacial score (nSPS) is 12.1. The first-order valence-corrected chi connectivity index (χ1v) is 9.33. The van der Waals surface area contributed by atoms with Crippen molar-refractivity contribution in [1.82, 2.24) is 10.9 Å². The summed E-state index contributed by atoms with van der Waals surface area (Å²) < 4.78 is 21.5. The fourth-order valence-corrected chi connectivity index (χ4v) is 2.82. The van der Waals surface area contributed by atoms with Crippen LogP contribution in [0.15, 0.2) is 30.3 Å². The highest BCUT2D eigenvalue weighted by molar-refractivity contribution is 6.02. The standard InChI is InChI=1S/C20H21N3O8/c1-11(2)31-15-5-4-12(8-16(15)28-3)19(24)21-22-20(25)13-9-17-18(30-7-6-29-17)10-14(13)23(26)27/h4-5,8-11H,6-7H2,1-3H3,(H,21,24)(H,22,25). The first-order valence-electron chi connectivity index (χ1n) is 9.33. The fraction of sp³-hybridized carbons (Fsp3) is 0.300. The van der Waals surface area contributed by atoms with Gasteiger partial charge in [-0.1, -0.05) is 0 Å². The summed E-state index contributed by atoms with van der Waals surface area (Å²) in [5, 5.41) is 11.4. The number of nitrogens with zero attached hydrogens (tertiary/aromatic N) is 1. The van der Waals surface area contributed by atoms with Gasteiger partial charge in [-0.15, -0.1) is 0 Å². The second-order valence-corrected chi connectivity index (χ2v) is 6.71. The summed E-state index contributed by atoms with van der Waals surface area (Å²) >= 11 is 0. The maximum Gasteiger partial charge on any atom is 0.286 e. The van der Waals surface area contributed by atoms with E-state index in [-0.39, 0.29) is 41.9 Å². The molecule has 2 amide bonds. The van der Waals surface area contributed by atoms with Gasteiger partial charge in [0.2, 0.25) is 0 Å². The van der Waals surface area contributed by atoms with Gasteiger partial charge >= 0.3 is 0 Å². The van der Waals surface area contributed by atoms with Crippen LogP contribution in [0.1, 0.15) is 34.6 Å². The highest BCUT2D eigenvalue weighted by Gasteiger charge is 2.26. The van der Waals surface area contributed by atoms with E-state index in [0.717, 1.165) is 6.07 Å². The number of nitro groups is 1. The molecule has 1 heterocycles. The molecule has 31 heavy (non-hydrogen) atoms. The Bertz CT molecular complexity index is 1020. The predicted molar refractivity (Wildman–Crippen MR) is 108 cm³/mol. The number of nitrogens with one attached hydrogen (secondary N) is 2. The number of ether oxygens (including phenoxy) is 4. The fourth-order valence-electron chi connectivity index (χ4n) is 2.82. The molecule has 0 aliphatic carbocycles. The molecular weight excluding hydrogens is 410 g/mol. The maximum absolute atomic E-state index is 12.5. The molecule has 0 unspecified atom stereocenters. The lowest BCUT2D eigenvalue weighted by Gasteiger charge is -2.19. The van der Waals surface area contributed by atoms with Crippen LogP contribution < -0.4 is 29.8 Å². The molecule has 0 saturated carbocycles. The van der Waals surface area contributed by atoms with Gasteiger partial charge in [0.05, 0.1) is 24.2 Å². The van der Waals surface area contributed by atoms with Crippen LogP contribution in [-0.2, 0) is 0 Å². The Morgan fingerprint density at radius 2 is 1.68 bits per heavy atom. The van der Waals surface area contributed by atoms with E-state index in [0.29, 0.717) is 11.5 Å². The summed E-state index contributed by atoms with van der Waals surface area (Å²) in [6.07, 6.45) is -0.0883. The largest absolute Gasteiger partial charge is 0.493 e. The molecule has 0 atom stereocenters. The van der Waals surface area contributed by atoms with Crippen molar-refractivity contribution in [2.24, 2.45) is 0 Å². The quantitative estimate of drug-likeness (QED) is 0.525. The van der Waals surface area contributed by atoms with Crippen molar-refractivity contribution < 1.29 is 33.5 Å². The zero-order valence-electron chi connectivity index (χ0n) is 17.1. The molecule has 11 heteroatoms. The molecule has 2 aromatic rings. The molecule has 0 spiro atoms. The molecule has 0 fully saturated rings. The number of amides is 2.